The van der Waals surface area contributed by atoms with Gasteiger partial charge in [-0.15, -0.1) is 0 Å². The van der Waals surface area contributed by atoms with E-state index in [0.29, 0.717) is 12.1 Å². The first kappa shape index (κ1) is 14.8. The van der Waals surface area contributed by atoms with Crippen LogP contribution in [0.2, 0.25) is 0 Å². The Balaban J connectivity index is 2.13. The quantitative estimate of drug-likeness (QED) is 0.880. The number of aromatic carboxylic acids is 1. The predicted octanol–water partition coefficient (Wildman–Crippen LogP) is 3.43. The van der Waals surface area contributed by atoms with Gasteiger partial charge in [0, 0.05) is 10.4 Å². The zero-order valence-electron chi connectivity index (χ0n) is 10.9. The summed E-state index contributed by atoms with van der Waals surface area (Å²) in [5.74, 6) is -0.668. The molecule has 0 saturated carbocycles. The van der Waals surface area contributed by atoms with Crippen LogP contribution in [0.4, 0.5) is 0 Å². The van der Waals surface area contributed by atoms with Crippen LogP contribution in [-0.2, 0) is 6.42 Å². The third-order valence-electron chi connectivity index (χ3n) is 3.31. The van der Waals surface area contributed by atoms with Gasteiger partial charge in [-0.05, 0) is 48.4 Å². The van der Waals surface area contributed by atoms with Gasteiger partial charge in [-0.1, -0.05) is 40.2 Å². The van der Waals surface area contributed by atoms with Crippen molar-refractivity contribution in [3.05, 3.63) is 69.7 Å². The molecule has 0 heterocycles. The van der Waals surface area contributed by atoms with E-state index >= 15 is 0 Å². The van der Waals surface area contributed by atoms with Gasteiger partial charge in [0.25, 0.3) is 0 Å². The van der Waals surface area contributed by atoms with E-state index in [1.54, 1.807) is 12.1 Å². The number of hydrogen-bond acceptors (Lipinski definition) is 2. The molecule has 3 N–H and O–H groups in total. The molecule has 3 nitrogen and oxygen atoms in total. The molecule has 1 atom stereocenters. The molecule has 104 valence electrons. The Hall–Kier alpha value is -1.65. The molecule has 4 heteroatoms. The largest absolute Gasteiger partial charge is 0.478 e. The maximum absolute atomic E-state index is 10.8. The lowest BCUT2D eigenvalue weighted by molar-refractivity contribution is 0.0697. The lowest BCUT2D eigenvalue weighted by Gasteiger charge is -2.15. The van der Waals surface area contributed by atoms with E-state index in [1.165, 1.54) is 5.56 Å². The minimum atomic E-state index is -0.903. The molecule has 20 heavy (non-hydrogen) atoms. The molecule has 0 spiro atoms. The van der Waals surface area contributed by atoms with Gasteiger partial charge in [0.1, 0.15) is 0 Å². The third kappa shape index (κ3) is 3.68. The van der Waals surface area contributed by atoms with E-state index in [1.807, 2.05) is 24.3 Å². The topological polar surface area (TPSA) is 63.3 Å². The summed E-state index contributed by atoms with van der Waals surface area (Å²) >= 11 is 3.42. The van der Waals surface area contributed by atoms with Crippen LogP contribution in [0.5, 0.6) is 0 Å². The zero-order chi connectivity index (χ0) is 14.5. The maximum atomic E-state index is 10.8. The third-order valence-corrected chi connectivity index (χ3v) is 3.84. The number of carbonyl (C=O) groups is 1. The molecule has 0 aliphatic heterocycles. The van der Waals surface area contributed by atoms with Crippen LogP contribution in [-0.4, -0.2) is 17.6 Å². The van der Waals surface area contributed by atoms with Crippen LogP contribution in [0.15, 0.2) is 53.0 Å². The predicted molar refractivity (Wildman–Crippen MR) is 83.0 cm³/mol. The highest BCUT2D eigenvalue weighted by molar-refractivity contribution is 9.10. The van der Waals surface area contributed by atoms with Gasteiger partial charge in [-0.2, -0.15) is 0 Å². The van der Waals surface area contributed by atoms with Gasteiger partial charge < -0.3 is 10.8 Å². The van der Waals surface area contributed by atoms with Gasteiger partial charge in [0.2, 0.25) is 0 Å². The van der Waals surface area contributed by atoms with E-state index in [2.05, 4.69) is 28.1 Å². The first-order valence-corrected chi connectivity index (χ1v) is 7.17. The Morgan fingerprint density at radius 2 is 1.70 bits per heavy atom. The molecule has 0 bridgehead atoms. The maximum Gasteiger partial charge on any atom is 0.335 e. The summed E-state index contributed by atoms with van der Waals surface area (Å²) < 4.78 is 1.04. The Kier molecular flexibility index (Phi) is 4.93. The fourth-order valence-corrected chi connectivity index (χ4v) is 2.40. The number of halogens is 1. The van der Waals surface area contributed by atoms with E-state index in [0.717, 1.165) is 16.5 Å². The first-order valence-electron chi connectivity index (χ1n) is 6.38. The SMILES string of the molecule is NCC(Cc1ccc(C(=O)O)cc1)c1ccc(Br)cc1. The second-order valence-electron chi connectivity index (χ2n) is 4.69. The highest BCUT2D eigenvalue weighted by Crippen LogP contribution is 2.22. The standard InChI is InChI=1S/C16H16BrNO2/c17-15-7-5-12(6-8-15)14(10-18)9-11-1-3-13(4-2-11)16(19)20/h1-8,14H,9-10,18H2,(H,19,20). The summed E-state index contributed by atoms with van der Waals surface area (Å²) in [6.07, 6.45) is 0.804. The van der Waals surface area contributed by atoms with Crippen LogP contribution < -0.4 is 5.73 Å². The van der Waals surface area contributed by atoms with Gasteiger partial charge >= 0.3 is 5.97 Å². The minimum Gasteiger partial charge on any atom is -0.478 e. The van der Waals surface area contributed by atoms with E-state index in [4.69, 9.17) is 10.8 Å². The van der Waals surface area contributed by atoms with Gasteiger partial charge in [0.15, 0.2) is 0 Å². The fraction of sp³-hybridized carbons (Fsp3) is 0.188. The molecule has 0 aliphatic carbocycles. The molecule has 0 amide bonds. The van der Waals surface area contributed by atoms with Gasteiger partial charge in [0.05, 0.1) is 5.56 Å². The van der Waals surface area contributed by atoms with Crippen LogP contribution in [0, 0.1) is 0 Å². The van der Waals surface area contributed by atoms with E-state index in [9.17, 15) is 4.79 Å². The Labute approximate surface area is 126 Å². The van der Waals surface area contributed by atoms with Crippen LogP contribution in [0.25, 0.3) is 0 Å². The highest BCUT2D eigenvalue weighted by atomic mass is 79.9. The Bertz CT molecular complexity index is 578. The average Bonchev–Trinajstić information content (AvgIpc) is 2.46. The summed E-state index contributed by atoms with van der Waals surface area (Å²) in [4.78, 5) is 10.8. The van der Waals surface area contributed by atoms with Crippen molar-refractivity contribution in [3.8, 4) is 0 Å². The van der Waals surface area contributed by atoms with E-state index in [-0.39, 0.29) is 5.92 Å². The molecule has 0 radical (unpaired) electrons. The number of benzene rings is 2. The summed E-state index contributed by atoms with van der Waals surface area (Å²) in [5, 5.41) is 8.88. The van der Waals surface area contributed by atoms with Crippen molar-refractivity contribution in [1.29, 1.82) is 0 Å². The number of hydrogen-bond donors (Lipinski definition) is 2. The molecule has 2 aromatic carbocycles. The molecule has 0 saturated heterocycles. The molecule has 2 aromatic rings. The Morgan fingerprint density at radius 1 is 1.10 bits per heavy atom. The van der Waals surface area contributed by atoms with Crippen molar-refractivity contribution in [2.45, 2.75) is 12.3 Å². The van der Waals surface area contributed by atoms with Crippen molar-refractivity contribution in [1.82, 2.24) is 0 Å². The van der Waals surface area contributed by atoms with Gasteiger partial charge in [-0.25, -0.2) is 4.79 Å². The first-order chi connectivity index (χ1) is 9.60. The normalized spacial score (nSPS) is 12.1. The number of rotatable bonds is 5. The molecule has 1 unspecified atom stereocenters. The molecule has 2 rings (SSSR count). The van der Waals surface area contributed by atoms with Crippen molar-refractivity contribution in [2.24, 2.45) is 5.73 Å². The lowest BCUT2D eigenvalue weighted by atomic mass is 9.92. The second-order valence-corrected chi connectivity index (χ2v) is 5.61. The summed E-state index contributed by atoms with van der Waals surface area (Å²) in [6, 6.07) is 15.1. The molecular weight excluding hydrogens is 318 g/mol. The molecule has 0 aliphatic rings. The van der Waals surface area contributed by atoms with Crippen molar-refractivity contribution < 1.29 is 9.90 Å². The highest BCUT2D eigenvalue weighted by Gasteiger charge is 2.11. The average molecular weight is 334 g/mol. The monoisotopic (exact) mass is 333 g/mol. The Morgan fingerprint density at radius 3 is 2.20 bits per heavy atom. The second kappa shape index (κ2) is 6.68. The molecule has 0 aromatic heterocycles. The number of carboxylic acids is 1. The summed E-state index contributed by atoms with van der Waals surface area (Å²) in [6.45, 7) is 0.558. The minimum absolute atomic E-state index is 0.235. The number of nitrogens with two attached hydrogens (primary N) is 1. The molecule has 0 fully saturated rings. The fourth-order valence-electron chi connectivity index (χ4n) is 2.14. The molecular formula is C16H16BrNO2. The zero-order valence-corrected chi connectivity index (χ0v) is 12.5. The van der Waals surface area contributed by atoms with Crippen LogP contribution >= 0.6 is 15.9 Å². The van der Waals surface area contributed by atoms with E-state index < -0.39 is 5.97 Å². The van der Waals surface area contributed by atoms with Crippen molar-refractivity contribution in [3.63, 3.8) is 0 Å². The van der Waals surface area contributed by atoms with Crippen molar-refractivity contribution in [2.75, 3.05) is 6.54 Å². The van der Waals surface area contributed by atoms with Gasteiger partial charge in [-0.3, -0.25) is 0 Å². The summed E-state index contributed by atoms with van der Waals surface area (Å²) in [5.41, 5.74) is 8.45. The van der Waals surface area contributed by atoms with Crippen molar-refractivity contribution >= 4 is 21.9 Å². The summed E-state index contributed by atoms with van der Waals surface area (Å²) in [7, 11) is 0. The number of carboxylic acid groups (broad SMARTS) is 1. The van der Waals surface area contributed by atoms with Crippen LogP contribution in [0.3, 0.4) is 0 Å². The lowest BCUT2D eigenvalue weighted by Crippen LogP contribution is -2.15. The smallest absolute Gasteiger partial charge is 0.335 e. The van der Waals surface area contributed by atoms with Crippen LogP contribution in [0.1, 0.15) is 27.4 Å².